The summed E-state index contributed by atoms with van der Waals surface area (Å²) in [5.41, 5.74) is 12.4. The predicted molar refractivity (Wildman–Crippen MR) is 65.4 cm³/mol. The number of hydrogen-bond acceptors (Lipinski definition) is 3. The van der Waals surface area contributed by atoms with Crippen molar-refractivity contribution < 1.29 is 4.74 Å². The maximum absolute atomic E-state index is 5.87. The van der Waals surface area contributed by atoms with Gasteiger partial charge in [0.2, 0.25) is 0 Å². The Hall–Kier alpha value is -0.770. The van der Waals surface area contributed by atoms with Gasteiger partial charge in [-0.15, -0.1) is 12.4 Å². The van der Waals surface area contributed by atoms with Crippen molar-refractivity contribution in [2.24, 2.45) is 11.5 Å². The van der Waals surface area contributed by atoms with Crippen molar-refractivity contribution in [1.82, 2.24) is 0 Å². The summed E-state index contributed by atoms with van der Waals surface area (Å²) in [5.74, 6) is 0.834. The van der Waals surface area contributed by atoms with Gasteiger partial charge in [0, 0.05) is 18.2 Å². The molecule has 1 rings (SSSR count). The highest BCUT2D eigenvalue weighted by Crippen LogP contribution is 2.23. The maximum Gasteiger partial charge on any atom is 0.124 e. The first-order valence-electron chi connectivity index (χ1n) is 4.86. The van der Waals surface area contributed by atoms with E-state index in [0.29, 0.717) is 6.54 Å². The van der Waals surface area contributed by atoms with Crippen LogP contribution in [0.4, 0.5) is 0 Å². The summed E-state index contributed by atoms with van der Waals surface area (Å²) in [5, 5.41) is 0. The third-order valence-corrected chi connectivity index (χ3v) is 1.94. The van der Waals surface area contributed by atoms with Gasteiger partial charge in [-0.25, -0.2) is 0 Å². The summed E-state index contributed by atoms with van der Waals surface area (Å²) >= 11 is 0. The molecule has 0 radical (unpaired) electrons. The second-order valence-electron chi connectivity index (χ2n) is 3.55. The van der Waals surface area contributed by atoms with E-state index < -0.39 is 0 Å². The normalized spacial score (nSPS) is 12.1. The number of hydrogen-bond donors (Lipinski definition) is 2. The van der Waals surface area contributed by atoms with Crippen LogP contribution in [0.1, 0.15) is 25.5 Å². The molecule has 1 atom stereocenters. The minimum atomic E-state index is -0.148. The Balaban J connectivity index is 0.00000196. The van der Waals surface area contributed by atoms with E-state index in [1.165, 1.54) is 0 Å². The Labute approximate surface area is 97.2 Å². The monoisotopic (exact) mass is 230 g/mol. The molecule has 4 heteroatoms. The highest BCUT2D eigenvalue weighted by Gasteiger charge is 2.10. The van der Waals surface area contributed by atoms with E-state index in [2.05, 4.69) is 0 Å². The average molecular weight is 231 g/mol. The predicted octanol–water partition coefficient (Wildman–Crippen LogP) is 1.85. The Kier molecular flexibility index (Phi) is 6.32. The second-order valence-corrected chi connectivity index (χ2v) is 3.55. The lowest BCUT2D eigenvalue weighted by atomic mass is 10.1. The van der Waals surface area contributed by atoms with E-state index in [0.717, 1.165) is 11.3 Å². The smallest absolute Gasteiger partial charge is 0.124 e. The summed E-state index contributed by atoms with van der Waals surface area (Å²) in [6, 6.07) is 7.60. The Bertz CT molecular complexity index is 292. The summed E-state index contributed by atoms with van der Waals surface area (Å²) in [4.78, 5) is 0. The van der Waals surface area contributed by atoms with Crippen molar-refractivity contribution >= 4 is 12.4 Å². The molecular weight excluding hydrogens is 212 g/mol. The molecule has 15 heavy (non-hydrogen) atoms. The van der Waals surface area contributed by atoms with E-state index in [4.69, 9.17) is 16.2 Å². The van der Waals surface area contributed by atoms with Crippen LogP contribution in [-0.4, -0.2) is 12.6 Å². The van der Waals surface area contributed by atoms with E-state index >= 15 is 0 Å². The fraction of sp³-hybridized carbons (Fsp3) is 0.455. The Morgan fingerprint density at radius 2 is 1.87 bits per heavy atom. The topological polar surface area (TPSA) is 61.3 Å². The lowest BCUT2D eigenvalue weighted by Gasteiger charge is -2.17. The molecule has 0 aliphatic rings. The van der Waals surface area contributed by atoms with Gasteiger partial charge < -0.3 is 16.2 Å². The molecule has 0 fully saturated rings. The van der Waals surface area contributed by atoms with Crippen LogP contribution in [0.5, 0.6) is 5.75 Å². The number of benzene rings is 1. The van der Waals surface area contributed by atoms with Crippen LogP contribution in [0.2, 0.25) is 0 Å². The summed E-state index contributed by atoms with van der Waals surface area (Å²) in [6.45, 7) is 4.41. The molecule has 1 aromatic rings. The van der Waals surface area contributed by atoms with Gasteiger partial charge in [-0.3, -0.25) is 0 Å². The highest BCUT2D eigenvalue weighted by atomic mass is 35.5. The quantitative estimate of drug-likeness (QED) is 0.830. The van der Waals surface area contributed by atoms with Gasteiger partial charge in [-0.2, -0.15) is 0 Å². The van der Waals surface area contributed by atoms with Gasteiger partial charge in [-0.05, 0) is 19.9 Å². The van der Waals surface area contributed by atoms with Crippen molar-refractivity contribution in [3.8, 4) is 5.75 Å². The molecular formula is C11H19ClN2O. The largest absolute Gasteiger partial charge is 0.491 e. The van der Waals surface area contributed by atoms with Crippen LogP contribution in [-0.2, 0) is 0 Å². The number of halogens is 1. The molecule has 4 N–H and O–H groups in total. The molecule has 0 spiro atoms. The third-order valence-electron chi connectivity index (χ3n) is 1.94. The van der Waals surface area contributed by atoms with E-state index in [9.17, 15) is 0 Å². The van der Waals surface area contributed by atoms with Crippen molar-refractivity contribution in [3.05, 3.63) is 29.8 Å². The molecule has 0 heterocycles. The van der Waals surface area contributed by atoms with Gasteiger partial charge in [0.1, 0.15) is 5.75 Å². The molecule has 0 aliphatic carbocycles. The summed E-state index contributed by atoms with van der Waals surface area (Å²) < 4.78 is 5.63. The maximum atomic E-state index is 5.87. The zero-order valence-corrected chi connectivity index (χ0v) is 9.96. The van der Waals surface area contributed by atoms with Crippen LogP contribution in [0.3, 0.4) is 0 Å². The molecule has 3 nitrogen and oxygen atoms in total. The number of ether oxygens (including phenoxy) is 1. The lowest BCUT2D eigenvalue weighted by molar-refractivity contribution is 0.239. The molecule has 0 amide bonds. The van der Waals surface area contributed by atoms with Gasteiger partial charge >= 0.3 is 0 Å². The SMILES string of the molecule is CC(C)Oc1ccccc1[C@@H](N)CN.Cl. The molecule has 86 valence electrons. The number of nitrogens with two attached hydrogens (primary N) is 2. The van der Waals surface area contributed by atoms with Gasteiger partial charge in [-0.1, -0.05) is 18.2 Å². The molecule has 0 unspecified atom stereocenters. The minimum Gasteiger partial charge on any atom is -0.491 e. The standard InChI is InChI=1S/C11H18N2O.ClH/c1-8(2)14-11-6-4-3-5-9(11)10(13)7-12;/h3-6,8,10H,7,12-13H2,1-2H3;1H/t10-;/m0./s1. The molecule has 0 saturated heterocycles. The van der Waals surface area contributed by atoms with Crippen LogP contribution in [0.15, 0.2) is 24.3 Å². The fourth-order valence-electron chi connectivity index (χ4n) is 1.28. The fourth-order valence-corrected chi connectivity index (χ4v) is 1.28. The first-order chi connectivity index (χ1) is 6.65. The first-order valence-corrected chi connectivity index (χ1v) is 4.86. The molecule has 0 saturated carbocycles. The summed E-state index contributed by atoms with van der Waals surface area (Å²) in [6.07, 6.45) is 0.154. The Morgan fingerprint density at radius 3 is 2.40 bits per heavy atom. The van der Waals surface area contributed by atoms with Gasteiger partial charge in [0.15, 0.2) is 0 Å². The highest BCUT2D eigenvalue weighted by molar-refractivity contribution is 5.85. The molecule has 1 aromatic carbocycles. The minimum absolute atomic E-state index is 0. The summed E-state index contributed by atoms with van der Waals surface area (Å²) in [7, 11) is 0. The lowest BCUT2D eigenvalue weighted by Crippen LogP contribution is -2.22. The van der Waals surface area contributed by atoms with Crippen LogP contribution >= 0.6 is 12.4 Å². The zero-order chi connectivity index (χ0) is 10.6. The van der Waals surface area contributed by atoms with Gasteiger partial charge in [0.25, 0.3) is 0 Å². The van der Waals surface area contributed by atoms with Crippen LogP contribution < -0.4 is 16.2 Å². The van der Waals surface area contributed by atoms with E-state index in [-0.39, 0.29) is 24.6 Å². The zero-order valence-electron chi connectivity index (χ0n) is 9.14. The van der Waals surface area contributed by atoms with Crippen molar-refractivity contribution in [2.75, 3.05) is 6.54 Å². The molecule has 0 aliphatic heterocycles. The van der Waals surface area contributed by atoms with Gasteiger partial charge in [0.05, 0.1) is 6.10 Å². The van der Waals surface area contributed by atoms with E-state index in [1.807, 2.05) is 38.1 Å². The second kappa shape index (κ2) is 6.67. The average Bonchev–Trinajstić information content (AvgIpc) is 2.16. The van der Waals surface area contributed by atoms with Crippen molar-refractivity contribution in [1.29, 1.82) is 0 Å². The van der Waals surface area contributed by atoms with Crippen LogP contribution in [0, 0.1) is 0 Å². The van der Waals surface area contributed by atoms with E-state index in [1.54, 1.807) is 0 Å². The third kappa shape index (κ3) is 4.08. The number of rotatable bonds is 4. The molecule has 0 aromatic heterocycles. The number of para-hydroxylation sites is 1. The van der Waals surface area contributed by atoms with Crippen LogP contribution in [0.25, 0.3) is 0 Å². The van der Waals surface area contributed by atoms with Crippen molar-refractivity contribution in [2.45, 2.75) is 26.0 Å². The van der Waals surface area contributed by atoms with Crippen molar-refractivity contribution in [3.63, 3.8) is 0 Å². The first kappa shape index (κ1) is 14.2. The molecule has 0 bridgehead atoms. The Morgan fingerprint density at radius 1 is 1.27 bits per heavy atom.